The topological polar surface area (TPSA) is 63.3 Å². The Kier molecular flexibility index (Phi) is 2.74. The third-order valence-corrected chi connectivity index (χ3v) is 3.02. The molecule has 0 fully saturated rings. The first-order chi connectivity index (χ1) is 7.49. The molecule has 2 rings (SSSR count). The molecule has 0 radical (unpaired) electrons. The van der Waals surface area contributed by atoms with Crippen molar-refractivity contribution in [3.8, 4) is 0 Å². The Labute approximate surface area is 94.7 Å². The van der Waals surface area contributed by atoms with Crippen LogP contribution in [-0.4, -0.2) is 16.1 Å². The molecule has 4 heteroatoms. The lowest BCUT2D eigenvalue weighted by Crippen LogP contribution is -2.22. The zero-order valence-corrected chi connectivity index (χ0v) is 9.75. The van der Waals surface area contributed by atoms with Gasteiger partial charge in [0, 0.05) is 6.42 Å². The van der Waals surface area contributed by atoms with E-state index in [2.05, 4.69) is 4.98 Å². The number of carbonyl (C=O) groups is 1. The first-order valence-corrected chi connectivity index (χ1v) is 5.70. The fourth-order valence-corrected chi connectivity index (χ4v) is 2.10. The molecule has 1 aromatic heterocycles. The van der Waals surface area contributed by atoms with E-state index in [1.54, 1.807) is 0 Å². The quantitative estimate of drug-likeness (QED) is 0.854. The van der Waals surface area contributed by atoms with E-state index in [-0.39, 0.29) is 6.42 Å². The van der Waals surface area contributed by atoms with Gasteiger partial charge >= 0.3 is 5.97 Å². The fraction of sp³-hybridized carbons (Fsp3) is 0.667. The summed E-state index contributed by atoms with van der Waals surface area (Å²) in [6.07, 6.45) is 4.24. The normalized spacial score (nSPS) is 15.9. The van der Waals surface area contributed by atoms with Gasteiger partial charge in [-0.1, -0.05) is 13.8 Å². The lowest BCUT2D eigenvalue weighted by atomic mass is 9.89. The number of aromatic nitrogens is 1. The fourth-order valence-electron chi connectivity index (χ4n) is 2.10. The zero-order valence-electron chi connectivity index (χ0n) is 9.75. The average molecular weight is 223 g/mol. The second-order valence-electron chi connectivity index (χ2n) is 5.05. The Morgan fingerprint density at radius 3 is 2.75 bits per heavy atom. The van der Waals surface area contributed by atoms with E-state index < -0.39 is 11.4 Å². The van der Waals surface area contributed by atoms with Crippen LogP contribution in [0.15, 0.2) is 4.42 Å². The van der Waals surface area contributed by atoms with Crippen LogP contribution < -0.4 is 0 Å². The summed E-state index contributed by atoms with van der Waals surface area (Å²) in [7, 11) is 0. The molecule has 0 aliphatic heterocycles. The van der Waals surface area contributed by atoms with Crippen LogP contribution in [0.4, 0.5) is 0 Å². The molecule has 0 aromatic carbocycles. The minimum absolute atomic E-state index is 0.0480. The smallest absolute Gasteiger partial charge is 0.304 e. The van der Waals surface area contributed by atoms with Crippen LogP contribution in [0, 0.1) is 0 Å². The molecule has 0 saturated carbocycles. The van der Waals surface area contributed by atoms with Gasteiger partial charge in [-0.25, -0.2) is 4.98 Å². The number of aliphatic carboxylic acids is 1. The van der Waals surface area contributed by atoms with Crippen molar-refractivity contribution in [3.63, 3.8) is 0 Å². The summed E-state index contributed by atoms with van der Waals surface area (Å²) in [6.45, 7) is 3.72. The maximum atomic E-state index is 10.8. The molecule has 0 unspecified atom stereocenters. The van der Waals surface area contributed by atoms with Crippen LogP contribution in [-0.2, 0) is 23.1 Å². The first kappa shape index (κ1) is 11.2. The molecular formula is C12H17NO3. The number of rotatable bonds is 3. The lowest BCUT2D eigenvalue weighted by molar-refractivity contribution is -0.138. The average Bonchev–Trinajstić information content (AvgIpc) is 2.59. The molecule has 0 bridgehead atoms. The van der Waals surface area contributed by atoms with Gasteiger partial charge in [0.15, 0.2) is 0 Å². The molecule has 1 aromatic rings. The standard InChI is InChI=1S/C12H17NO3/c1-12(2,7-10(14)15)11-13-8-5-3-4-6-9(8)16-11/h3-7H2,1-2H3,(H,14,15). The number of fused-ring (bicyclic) bond motifs is 1. The van der Waals surface area contributed by atoms with Crippen molar-refractivity contribution in [3.05, 3.63) is 17.3 Å². The van der Waals surface area contributed by atoms with E-state index in [9.17, 15) is 4.79 Å². The van der Waals surface area contributed by atoms with Crippen molar-refractivity contribution in [2.75, 3.05) is 0 Å². The third-order valence-electron chi connectivity index (χ3n) is 3.02. The minimum atomic E-state index is -0.818. The summed E-state index contributed by atoms with van der Waals surface area (Å²) in [5.41, 5.74) is 0.503. The third kappa shape index (κ3) is 2.10. The van der Waals surface area contributed by atoms with E-state index in [0.717, 1.165) is 37.1 Å². The predicted octanol–water partition coefficient (Wildman–Crippen LogP) is 2.31. The van der Waals surface area contributed by atoms with Crippen molar-refractivity contribution in [1.82, 2.24) is 4.98 Å². The Bertz CT molecular complexity index is 383. The van der Waals surface area contributed by atoms with Crippen molar-refractivity contribution >= 4 is 5.97 Å². The summed E-state index contributed by atoms with van der Waals surface area (Å²) < 4.78 is 5.70. The van der Waals surface area contributed by atoms with Crippen molar-refractivity contribution in [1.29, 1.82) is 0 Å². The number of hydrogen-bond acceptors (Lipinski definition) is 3. The van der Waals surface area contributed by atoms with Crippen molar-refractivity contribution < 1.29 is 14.3 Å². The highest BCUT2D eigenvalue weighted by molar-refractivity contribution is 5.68. The molecular weight excluding hydrogens is 206 g/mol. The molecule has 1 aliphatic rings. The summed E-state index contributed by atoms with van der Waals surface area (Å²) in [5.74, 6) is 0.711. The molecule has 1 aliphatic carbocycles. The van der Waals surface area contributed by atoms with Gasteiger partial charge in [-0.3, -0.25) is 4.79 Å². The van der Waals surface area contributed by atoms with Crippen molar-refractivity contribution in [2.24, 2.45) is 0 Å². The van der Waals surface area contributed by atoms with Gasteiger partial charge in [0.05, 0.1) is 17.5 Å². The van der Waals surface area contributed by atoms with Gasteiger partial charge in [0.1, 0.15) is 5.76 Å². The van der Waals surface area contributed by atoms with Crippen molar-refractivity contribution in [2.45, 2.75) is 51.4 Å². The van der Waals surface area contributed by atoms with Gasteiger partial charge in [-0.05, 0) is 19.3 Å². The second-order valence-corrected chi connectivity index (χ2v) is 5.05. The van der Waals surface area contributed by atoms with Gasteiger partial charge in [0.25, 0.3) is 0 Å². The Morgan fingerprint density at radius 2 is 2.12 bits per heavy atom. The van der Waals surface area contributed by atoms with Gasteiger partial charge in [-0.15, -0.1) is 0 Å². The Morgan fingerprint density at radius 1 is 1.44 bits per heavy atom. The molecule has 4 nitrogen and oxygen atoms in total. The maximum Gasteiger partial charge on any atom is 0.304 e. The number of carboxylic acid groups (broad SMARTS) is 1. The summed E-state index contributed by atoms with van der Waals surface area (Å²) in [4.78, 5) is 15.2. The van der Waals surface area contributed by atoms with E-state index >= 15 is 0 Å². The highest BCUT2D eigenvalue weighted by Gasteiger charge is 2.31. The van der Waals surface area contributed by atoms with E-state index in [1.165, 1.54) is 0 Å². The molecule has 1 N–H and O–H groups in total. The van der Waals surface area contributed by atoms with Crippen LogP contribution in [0.1, 0.15) is 50.5 Å². The number of hydrogen-bond donors (Lipinski definition) is 1. The number of nitrogens with zero attached hydrogens (tertiary/aromatic N) is 1. The van der Waals surface area contributed by atoms with Crippen LogP contribution in [0.5, 0.6) is 0 Å². The predicted molar refractivity (Wildman–Crippen MR) is 58.4 cm³/mol. The zero-order chi connectivity index (χ0) is 11.8. The molecule has 88 valence electrons. The van der Waals surface area contributed by atoms with Gasteiger partial charge in [0.2, 0.25) is 5.89 Å². The Balaban J connectivity index is 2.26. The molecule has 0 atom stereocenters. The second kappa shape index (κ2) is 3.92. The number of aryl methyl sites for hydroxylation is 2. The molecule has 0 spiro atoms. The van der Waals surface area contributed by atoms with E-state index in [1.807, 2.05) is 13.8 Å². The number of carboxylic acids is 1. The van der Waals surface area contributed by atoms with Crippen LogP contribution >= 0.6 is 0 Å². The van der Waals surface area contributed by atoms with E-state index in [4.69, 9.17) is 9.52 Å². The monoisotopic (exact) mass is 223 g/mol. The Hall–Kier alpha value is -1.32. The minimum Gasteiger partial charge on any atom is -0.481 e. The summed E-state index contributed by atoms with van der Waals surface area (Å²) >= 11 is 0. The van der Waals surface area contributed by atoms with Crippen LogP contribution in [0.3, 0.4) is 0 Å². The SMILES string of the molecule is CC(C)(CC(=O)O)c1nc2c(o1)CCCC2. The lowest BCUT2D eigenvalue weighted by Gasteiger charge is -2.17. The largest absolute Gasteiger partial charge is 0.481 e. The molecule has 16 heavy (non-hydrogen) atoms. The van der Waals surface area contributed by atoms with Crippen LogP contribution in [0.2, 0.25) is 0 Å². The highest BCUT2D eigenvalue weighted by atomic mass is 16.4. The highest BCUT2D eigenvalue weighted by Crippen LogP contribution is 2.30. The molecule has 1 heterocycles. The van der Waals surface area contributed by atoms with Crippen LogP contribution in [0.25, 0.3) is 0 Å². The first-order valence-electron chi connectivity index (χ1n) is 5.70. The maximum absolute atomic E-state index is 10.8. The summed E-state index contributed by atoms with van der Waals surface area (Å²) in [6, 6.07) is 0. The number of oxazole rings is 1. The van der Waals surface area contributed by atoms with Gasteiger partial charge in [-0.2, -0.15) is 0 Å². The molecule has 0 saturated heterocycles. The molecule has 0 amide bonds. The summed E-state index contributed by atoms with van der Waals surface area (Å²) in [5, 5.41) is 8.84. The van der Waals surface area contributed by atoms with Gasteiger partial charge < -0.3 is 9.52 Å². The van der Waals surface area contributed by atoms with E-state index in [0.29, 0.717) is 5.89 Å².